The number of imidazole rings is 1. The molecule has 1 heterocycles. The highest BCUT2D eigenvalue weighted by molar-refractivity contribution is 4.80. The van der Waals surface area contributed by atoms with Crippen LogP contribution in [0.2, 0.25) is 0 Å². The van der Waals surface area contributed by atoms with Crippen molar-refractivity contribution < 1.29 is 0 Å². The molecule has 21 heavy (non-hydrogen) atoms. The molecule has 1 atom stereocenters. The molecule has 1 aromatic heterocycles. The first-order valence-corrected chi connectivity index (χ1v) is 9.06. The van der Waals surface area contributed by atoms with Crippen LogP contribution in [-0.4, -0.2) is 16.1 Å². The van der Waals surface area contributed by atoms with E-state index in [1.165, 1.54) is 77.0 Å². The summed E-state index contributed by atoms with van der Waals surface area (Å²) >= 11 is 0. The summed E-state index contributed by atoms with van der Waals surface area (Å²) in [5, 5.41) is 0. The second-order valence-electron chi connectivity index (χ2n) is 6.22. The molecule has 122 valence electrons. The van der Waals surface area contributed by atoms with Crippen LogP contribution in [0.15, 0.2) is 18.7 Å². The highest BCUT2D eigenvalue weighted by Gasteiger charge is 2.07. The molecule has 0 radical (unpaired) electrons. The molecule has 3 heteroatoms. The molecule has 0 aliphatic heterocycles. The van der Waals surface area contributed by atoms with E-state index in [-0.39, 0.29) is 0 Å². The minimum Gasteiger partial charge on any atom is -0.333 e. The summed E-state index contributed by atoms with van der Waals surface area (Å²) in [5.41, 5.74) is 5.85. The molecule has 0 fully saturated rings. The van der Waals surface area contributed by atoms with Gasteiger partial charge in [-0.05, 0) is 6.42 Å². The number of aromatic nitrogens is 2. The standard InChI is InChI=1S/C18H35N3/c1-2-3-4-5-6-7-8-9-10-11-12-13-18(16-19)21-15-14-20-17-21/h14-15,17-18H,2-13,16,19H2,1H3. The van der Waals surface area contributed by atoms with Crippen LogP contribution in [-0.2, 0) is 0 Å². The van der Waals surface area contributed by atoms with Crippen LogP contribution in [0.5, 0.6) is 0 Å². The third-order valence-electron chi connectivity index (χ3n) is 4.36. The number of unbranched alkanes of at least 4 members (excludes halogenated alkanes) is 10. The summed E-state index contributed by atoms with van der Waals surface area (Å²) in [4.78, 5) is 4.10. The Bertz CT molecular complexity index is 308. The van der Waals surface area contributed by atoms with Crippen LogP contribution >= 0.6 is 0 Å². The van der Waals surface area contributed by atoms with E-state index in [9.17, 15) is 0 Å². The first kappa shape index (κ1) is 18.2. The van der Waals surface area contributed by atoms with Gasteiger partial charge < -0.3 is 10.3 Å². The average molecular weight is 293 g/mol. The molecule has 0 amide bonds. The van der Waals surface area contributed by atoms with Gasteiger partial charge in [-0.3, -0.25) is 0 Å². The van der Waals surface area contributed by atoms with Gasteiger partial charge in [0.2, 0.25) is 0 Å². The van der Waals surface area contributed by atoms with E-state index in [1.807, 2.05) is 18.7 Å². The Morgan fingerprint density at radius 1 is 0.905 bits per heavy atom. The normalized spacial score (nSPS) is 12.7. The van der Waals surface area contributed by atoms with Gasteiger partial charge in [0, 0.05) is 25.0 Å². The molecule has 0 saturated carbocycles. The van der Waals surface area contributed by atoms with Crippen molar-refractivity contribution in [3.8, 4) is 0 Å². The molecular formula is C18H35N3. The molecule has 3 nitrogen and oxygen atoms in total. The fourth-order valence-electron chi connectivity index (χ4n) is 2.92. The van der Waals surface area contributed by atoms with Crippen LogP contribution in [0.4, 0.5) is 0 Å². The Hall–Kier alpha value is -0.830. The van der Waals surface area contributed by atoms with E-state index in [0.29, 0.717) is 12.6 Å². The summed E-state index contributed by atoms with van der Waals surface area (Å²) in [7, 11) is 0. The van der Waals surface area contributed by atoms with Crippen LogP contribution in [0, 0.1) is 0 Å². The second kappa shape index (κ2) is 12.9. The largest absolute Gasteiger partial charge is 0.333 e. The number of hydrogen-bond acceptors (Lipinski definition) is 2. The van der Waals surface area contributed by atoms with E-state index in [1.54, 1.807) is 0 Å². The van der Waals surface area contributed by atoms with Crippen molar-refractivity contribution in [2.75, 3.05) is 6.54 Å². The maximum atomic E-state index is 5.85. The quantitative estimate of drug-likeness (QED) is 0.486. The molecule has 0 aliphatic rings. The Labute approximate surface area is 131 Å². The summed E-state index contributed by atoms with van der Waals surface area (Å²) in [6, 6.07) is 0.436. The molecule has 2 N–H and O–H groups in total. The number of nitrogens with two attached hydrogens (primary N) is 1. The molecule has 0 aromatic carbocycles. The lowest BCUT2D eigenvalue weighted by Gasteiger charge is -2.15. The molecule has 0 saturated heterocycles. The number of hydrogen-bond donors (Lipinski definition) is 1. The van der Waals surface area contributed by atoms with Gasteiger partial charge in [0.05, 0.1) is 6.33 Å². The average Bonchev–Trinajstić information content (AvgIpc) is 3.03. The predicted molar refractivity (Wildman–Crippen MR) is 91.4 cm³/mol. The van der Waals surface area contributed by atoms with Crippen molar-refractivity contribution in [1.82, 2.24) is 9.55 Å². The number of nitrogens with zero attached hydrogens (tertiary/aromatic N) is 2. The lowest BCUT2D eigenvalue weighted by molar-refractivity contribution is 0.443. The molecule has 0 aliphatic carbocycles. The van der Waals surface area contributed by atoms with E-state index in [2.05, 4.69) is 16.5 Å². The zero-order valence-electron chi connectivity index (χ0n) is 14.0. The Morgan fingerprint density at radius 2 is 1.48 bits per heavy atom. The summed E-state index contributed by atoms with van der Waals surface area (Å²) < 4.78 is 2.15. The monoisotopic (exact) mass is 293 g/mol. The van der Waals surface area contributed by atoms with E-state index in [4.69, 9.17) is 5.73 Å². The van der Waals surface area contributed by atoms with Gasteiger partial charge in [-0.2, -0.15) is 0 Å². The predicted octanol–water partition coefficient (Wildman–Crippen LogP) is 5.08. The fourth-order valence-corrected chi connectivity index (χ4v) is 2.92. The van der Waals surface area contributed by atoms with Crippen LogP contribution in [0.3, 0.4) is 0 Å². The number of rotatable bonds is 14. The van der Waals surface area contributed by atoms with E-state index >= 15 is 0 Å². The molecule has 1 rings (SSSR count). The second-order valence-corrected chi connectivity index (χ2v) is 6.22. The van der Waals surface area contributed by atoms with Gasteiger partial charge in [-0.1, -0.05) is 77.6 Å². The zero-order valence-corrected chi connectivity index (χ0v) is 14.0. The minimum atomic E-state index is 0.436. The smallest absolute Gasteiger partial charge is 0.0948 e. The highest BCUT2D eigenvalue weighted by Crippen LogP contribution is 2.16. The van der Waals surface area contributed by atoms with Crippen LogP contribution in [0.1, 0.15) is 90.0 Å². The highest BCUT2D eigenvalue weighted by atomic mass is 15.1. The van der Waals surface area contributed by atoms with E-state index < -0.39 is 0 Å². The Morgan fingerprint density at radius 3 is 1.95 bits per heavy atom. The maximum Gasteiger partial charge on any atom is 0.0948 e. The van der Waals surface area contributed by atoms with Crippen molar-refractivity contribution >= 4 is 0 Å². The minimum absolute atomic E-state index is 0.436. The van der Waals surface area contributed by atoms with Gasteiger partial charge >= 0.3 is 0 Å². The van der Waals surface area contributed by atoms with E-state index in [0.717, 1.165) is 0 Å². The first-order valence-electron chi connectivity index (χ1n) is 9.06. The molecule has 1 unspecified atom stereocenters. The van der Waals surface area contributed by atoms with Crippen LogP contribution in [0.25, 0.3) is 0 Å². The summed E-state index contributed by atoms with van der Waals surface area (Å²) in [6.45, 7) is 3.00. The van der Waals surface area contributed by atoms with Crippen molar-refractivity contribution in [3.05, 3.63) is 18.7 Å². The Balaban J connectivity index is 1.88. The lowest BCUT2D eigenvalue weighted by atomic mass is 10.0. The van der Waals surface area contributed by atoms with Crippen molar-refractivity contribution in [2.45, 2.75) is 90.0 Å². The fraction of sp³-hybridized carbons (Fsp3) is 0.833. The van der Waals surface area contributed by atoms with Gasteiger partial charge in [-0.25, -0.2) is 4.98 Å². The SMILES string of the molecule is CCCCCCCCCCCCCC(CN)n1ccnc1. The third-order valence-corrected chi connectivity index (χ3v) is 4.36. The molecule has 0 spiro atoms. The Kier molecular flexibility index (Phi) is 11.2. The van der Waals surface area contributed by atoms with Crippen LogP contribution < -0.4 is 5.73 Å². The lowest BCUT2D eigenvalue weighted by Crippen LogP contribution is -2.18. The molecular weight excluding hydrogens is 258 g/mol. The topological polar surface area (TPSA) is 43.8 Å². The molecule has 0 bridgehead atoms. The third kappa shape index (κ3) is 8.92. The van der Waals surface area contributed by atoms with Crippen molar-refractivity contribution in [3.63, 3.8) is 0 Å². The first-order chi connectivity index (χ1) is 10.4. The summed E-state index contributed by atoms with van der Waals surface area (Å²) in [5.74, 6) is 0. The van der Waals surface area contributed by atoms with Gasteiger partial charge in [-0.15, -0.1) is 0 Å². The van der Waals surface area contributed by atoms with Gasteiger partial charge in [0.15, 0.2) is 0 Å². The van der Waals surface area contributed by atoms with Gasteiger partial charge in [0.25, 0.3) is 0 Å². The summed E-state index contributed by atoms with van der Waals surface area (Å²) in [6.07, 6.45) is 22.3. The zero-order chi connectivity index (χ0) is 15.2. The van der Waals surface area contributed by atoms with Crippen molar-refractivity contribution in [2.24, 2.45) is 5.73 Å². The maximum absolute atomic E-state index is 5.85. The van der Waals surface area contributed by atoms with Crippen molar-refractivity contribution in [1.29, 1.82) is 0 Å². The van der Waals surface area contributed by atoms with Gasteiger partial charge in [0.1, 0.15) is 0 Å². The molecule has 1 aromatic rings.